The summed E-state index contributed by atoms with van der Waals surface area (Å²) in [6, 6.07) is 22.6. The fourth-order valence-electron chi connectivity index (χ4n) is 2.99. The molecule has 0 aliphatic rings. The van der Waals surface area contributed by atoms with Crippen LogP contribution in [0.4, 0.5) is 10.1 Å². The third-order valence-corrected chi connectivity index (χ3v) is 4.30. The first-order valence-corrected chi connectivity index (χ1v) is 8.82. The number of carbonyl (C=O) groups is 1. The Bertz CT molecular complexity index is 1130. The Hall–Kier alpha value is -3.73. The van der Waals surface area contributed by atoms with Crippen LogP contribution in [0.25, 0.3) is 10.9 Å². The van der Waals surface area contributed by atoms with Crippen LogP contribution in [0, 0.1) is 5.82 Å². The number of pyridine rings is 1. The van der Waals surface area contributed by atoms with Crippen LogP contribution in [0.1, 0.15) is 15.9 Å². The molecule has 4 aromatic rings. The number of rotatable bonds is 5. The van der Waals surface area contributed by atoms with E-state index < -0.39 is 0 Å². The van der Waals surface area contributed by atoms with Crippen LogP contribution in [0.15, 0.2) is 85.1 Å². The zero-order valence-electron chi connectivity index (χ0n) is 14.9. The largest absolute Gasteiger partial charge is 0.488 e. The van der Waals surface area contributed by atoms with Crippen LogP contribution < -0.4 is 10.1 Å². The minimum atomic E-state index is -0.353. The highest BCUT2D eigenvalue weighted by Gasteiger charge is 2.13. The predicted octanol–water partition coefficient (Wildman–Crippen LogP) is 5.21. The number of benzene rings is 3. The van der Waals surface area contributed by atoms with Gasteiger partial charge in [-0.25, -0.2) is 4.39 Å². The molecule has 3 aromatic carbocycles. The lowest BCUT2D eigenvalue weighted by Crippen LogP contribution is -2.13. The Morgan fingerprint density at radius 3 is 2.61 bits per heavy atom. The van der Waals surface area contributed by atoms with Crippen molar-refractivity contribution < 1.29 is 13.9 Å². The molecule has 0 atom stereocenters. The van der Waals surface area contributed by atoms with Crippen molar-refractivity contribution in [1.82, 2.24) is 4.98 Å². The minimum absolute atomic E-state index is 0.0981. The number of hydrogen-bond donors (Lipinski definition) is 1. The van der Waals surface area contributed by atoms with Crippen LogP contribution >= 0.6 is 0 Å². The van der Waals surface area contributed by atoms with Crippen LogP contribution in [0.2, 0.25) is 0 Å². The molecule has 0 unspecified atom stereocenters. The standard InChI is InChI=1S/C23H17FN2O2/c24-18-13-16-7-6-12-25-22(16)17(14-18)15-28-21-11-5-4-10-20(21)23(27)26-19-8-2-1-3-9-19/h1-14H,15H2,(H,26,27). The molecule has 0 aliphatic carbocycles. The molecule has 0 saturated heterocycles. The van der Waals surface area contributed by atoms with Gasteiger partial charge >= 0.3 is 0 Å². The van der Waals surface area contributed by atoms with Crippen molar-refractivity contribution in [2.24, 2.45) is 0 Å². The number of fused-ring (bicyclic) bond motifs is 1. The fraction of sp³-hybridized carbons (Fsp3) is 0.0435. The summed E-state index contributed by atoms with van der Waals surface area (Å²) in [5.74, 6) is -0.206. The Kier molecular flexibility index (Phi) is 4.97. The molecule has 0 fully saturated rings. The first-order chi connectivity index (χ1) is 13.7. The van der Waals surface area contributed by atoms with Crippen LogP contribution in [-0.4, -0.2) is 10.9 Å². The molecule has 0 bridgehead atoms. The van der Waals surface area contributed by atoms with Gasteiger partial charge in [-0.2, -0.15) is 0 Å². The summed E-state index contributed by atoms with van der Waals surface area (Å²) in [4.78, 5) is 17.0. The van der Waals surface area contributed by atoms with E-state index in [0.717, 1.165) is 0 Å². The number of anilines is 1. The number of amides is 1. The first-order valence-electron chi connectivity index (χ1n) is 8.82. The molecular formula is C23H17FN2O2. The van der Waals surface area contributed by atoms with E-state index in [4.69, 9.17) is 4.74 Å². The molecule has 4 rings (SSSR count). The number of para-hydroxylation sites is 2. The second kappa shape index (κ2) is 7.88. The van der Waals surface area contributed by atoms with Crippen molar-refractivity contribution in [3.63, 3.8) is 0 Å². The average molecular weight is 372 g/mol. The highest BCUT2D eigenvalue weighted by molar-refractivity contribution is 6.06. The molecule has 1 N–H and O–H groups in total. The Labute approximate surface area is 161 Å². The molecule has 0 spiro atoms. The van der Waals surface area contributed by atoms with E-state index in [1.54, 1.807) is 42.6 Å². The molecule has 1 amide bonds. The smallest absolute Gasteiger partial charge is 0.259 e. The van der Waals surface area contributed by atoms with Gasteiger partial charge in [0.2, 0.25) is 0 Å². The van der Waals surface area contributed by atoms with Crippen molar-refractivity contribution in [3.8, 4) is 5.75 Å². The maximum absolute atomic E-state index is 13.9. The second-order valence-electron chi connectivity index (χ2n) is 6.25. The third-order valence-electron chi connectivity index (χ3n) is 4.30. The highest BCUT2D eigenvalue weighted by atomic mass is 19.1. The van der Waals surface area contributed by atoms with E-state index in [0.29, 0.717) is 33.5 Å². The van der Waals surface area contributed by atoms with Gasteiger partial charge in [-0.3, -0.25) is 9.78 Å². The molecule has 1 aromatic heterocycles. The van der Waals surface area contributed by atoms with Crippen molar-refractivity contribution in [2.75, 3.05) is 5.32 Å². The van der Waals surface area contributed by atoms with Crippen LogP contribution in [0.5, 0.6) is 5.75 Å². The zero-order valence-corrected chi connectivity index (χ0v) is 14.9. The monoisotopic (exact) mass is 372 g/mol. The summed E-state index contributed by atoms with van der Waals surface area (Å²) in [7, 11) is 0. The maximum Gasteiger partial charge on any atom is 0.259 e. The van der Waals surface area contributed by atoms with Gasteiger partial charge < -0.3 is 10.1 Å². The molecule has 138 valence electrons. The van der Waals surface area contributed by atoms with E-state index in [9.17, 15) is 9.18 Å². The lowest BCUT2D eigenvalue weighted by molar-refractivity contribution is 0.102. The van der Waals surface area contributed by atoms with Gasteiger partial charge in [0.05, 0.1) is 11.1 Å². The normalized spacial score (nSPS) is 10.6. The second-order valence-corrected chi connectivity index (χ2v) is 6.25. The van der Waals surface area contributed by atoms with Crippen molar-refractivity contribution >= 4 is 22.5 Å². The number of nitrogens with zero attached hydrogens (tertiary/aromatic N) is 1. The summed E-state index contributed by atoms with van der Waals surface area (Å²) in [5.41, 5.74) is 2.40. The van der Waals surface area contributed by atoms with Gasteiger partial charge in [-0.05, 0) is 42.5 Å². The fourth-order valence-corrected chi connectivity index (χ4v) is 2.99. The Morgan fingerprint density at radius 1 is 0.964 bits per heavy atom. The van der Waals surface area contributed by atoms with Gasteiger partial charge in [-0.15, -0.1) is 0 Å². The Balaban J connectivity index is 1.58. The molecule has 1 heterocycles. The highest BCUT2D eigenvalue weighted by Crippen LogP contribution is 2.24. The number of aromatic nitrogens is 1. The SMILES string of the molecule is O=C(Nc1ccccc1)c1ccccc1OCc1cc(F)cc2cccnc12. The summed E-state index contributed by atoms with van der Waals surface area (Å²) >= 11 is 0. The number of hydrogen-bond acceptors (Lipinski definition) is 3. The zero-order chi connectivity index (χ0) is 19.3. The molecular weight excluding hydrogens is 355 g/mol. The predicted molar refractivity (Wildman–Crippen MR) is 107 cm³/mol. The minimum Gasteiger partial charge on any atom is -0.488 e. The Morgan fingerprint density at radius 2 is 1.75 bits per heavy atom. The van der Waals surface area contributed by atoms with E-state index in [-0.39, 0.29) is 18.3 Å². The molecule has 0 saturated carbocycles. The van der Waals surface area contributed by atoms with Crippen molar-refractivity contribution in [1.29, 1.82) is 0 Å². The van der Waals surface area contributed by atoms with Gasteiger partial charge in [0, 0.05) is 22.8 Å². The molecule has 5 heteroatoms. The quantitative estimate of drug-likeness (QED) is 0.523. The number of ether oxygens (including phenoxy) is 1. The van der Waals surface area contributed by atoms with E-state index in [2.05, 4.69) is 10.3 Å². The summed E-state index contributed by atoms with van der Waals surface area (Å²) in [6.07, 6.45) is 1.66. The van der Waals surface area contributed by atoms with Crippen LogP contribution in [-0.2, 0) is 6.61 Å². The van der Waals surface area contributed by atoms with Gasteiger partial charge in [0.25, 0.3) is 5.91 Å². The van der Waals surface area contributed by atoms with E-state index in [1.165, 1.54) is 12.1 Å². The summed E-state index contributed by atoms with van der Waals surface area (Å²) < 4.78 is 19.8. The molecule has 0 aliphatic heterocycles. The average Bonchev–Trinajstić information content (AvgIpc) is 2.73. The summed E-state index contributed by atoms with van der Waals surface area (Å²) in [6.45, 7) is 0.0981. The maximum atomic E-state index is 13.9. The number of halogens is 1. The topological polar surface area (TPSA) is 51.2 Å². The van der Waals surface area contributed by atoms with Crippen molar-refractivity contribution in [2.45, 2.75) is 6.61 Å². The lowest BCUT2D eigenvalue weighted by atomic mass is 10.1. The summed E-state index contributed by atoms with van der Waals surface area (Å²) in [5, 5.41) is 3.55. The number of carbonyl (C=O) groups excluding carboxylic acids is 1. The van der Waals surface area contributed by atoms with E-state index in [1.807, 2.05) is 30.3 Å². The van der Waals surface area contributed by atoms with Crippen molar-refractivity contribution in [3.05, 3.63) is 102 Å². The molecule has 4 nitrogen and oxygen atoms in total. The van der Waals surface area contributed by atoms with Gasteiger partial charge in [0.1, 0.15) is 18.2 Å². The van der Waals surface area contributed by atoms with E-state index >= 15 is 0 Å². The lowest BCUT2D eigenvalue weighted by Gasteiger charge is -2.13. The third kappa shape index (κ3) is 3.83. The van der Waals surface area contributed by atoms with Gasteiger partial charge in [-0.1, -0.05) is 36.4 Å². The van der Waals surface area contributed by atoms with Crippen LogP contribution in [0.3, 0.4) is 0 Å². The first kappa shape index (κ1) is 17.7. The van der Waals surface area contributed by atoms with Gasteiger partial charge in [0.15, 0.2) is 0 Å². The molecule has 0 radical (unpaired) electrons. The molecule has 28 heavy (non-hydrogen) atoms. The number of nitrogens with one attached hydrogen (secondary N) is 1.